The van der Waals surface area contributed by atoms with E-state index in [9.17, 15) is 0 Å². The van der Waals surface area contributed by atoms with Gasteiger partial charge >= 0.3 is 0 Å². The fraction of sp³-hybridized carbons (Fsp3) is 1.00. The van der Waals surface area contributed by atoms with E-state index < -0.39 is 0 Å². The fourth-order valence-corrected chi connectivity index (χ4v) is 0. The van der Waals surface area contributed by atoms with Gasteiger partial charge in [-0.1, -0.05) is 0 Å². The Balaban J connectivity index is 0. The molecule has 0 aromatic rings. The molecule has 0 aliphatic heterocycles. The monoisotopic (exact) mass is 124 g/mol. The van der Waals surface area contributed by atoms with Gasteiger partial charge in [-0.25, -0.2) is 0 Å². The van der Waals surface area contributed by atoms with Crippen molar-refractivity contribution in [2.75, 3.05) is 0 Å². The van der Waals surface area contributed by atoms with Crippen molar-refractivity contribution in [1.82, 2.24) is 0 Å². The van der Waals surface area contributed by atoms with E-state index in [2.05, 4.69) is 0 Å². The van der Waals surface area contributed by atoms with E-state index >= 15 is 0 Å². The first-order chi connectivity index (χ1) is 1.73. The SMILES string of the molecule is CC(C)O.[Zn]. The molecule has 0 rings (SSSR count). The molecular formula is C3H8OZn. The maximum Gasteiger partial charge on any atom is 0.0483 e. The molecule has 2 heteroatoms. The molecule has 0 heterocycles. The van der Waals surface area contributed by atoms with Crippen molar-refractivity contribution in [1.29, 1.82) is 0 Å². The predicted molar refractivity (Wildman–Crippen MR) is 17.4 cm³/mol. The van der Waals surface area contributed by atoms with Gasteiger partial charge in [0.05, 0.1) is 0 Å². The van der Waals surface area contributed by atoms with Crippen LogP contribution in [0.25, 0.3) is 0 Å². The van der Waals surface area contributed by atoms with Crippen molar-refractivity contribution in [3.8, 4) is 0 Å². The van der Waals surface area contributed by atoms with Crippen LogP contribution in [-0.4, -0.2) is 11.2 Å². The Hall–Kier alpha value is 0.583. The van der Waals surface area contributed by atoms with Crippen molar-refractivity contribution in [3.63, 3.8) is 0 Å². The zero-order valence-electron chi connectivity index (χ0n) is 3.73. The molecule has 0 amide bonds. The van der Waals surface area contributed by atoms with E-state index in [1.165, 1.54) is 0 Å². The summed E-state index contributed by atoms with van der Waals surface area (Å²) in [4.78, 5) is 0. The Labute approximate surface area is 45.1 Å². The molecule has 0 aromatic heterocycles. The minimum atomic E-state index is -0.167. The van der Waals surface area contributed by atoms with Gasteiger partial charge in [0, 0.05) is 25.6 Å². The largest absolute Gasteiger partial charge is 0.394 e. The maximum atomic E-state index is 8.06. The van der Waals surface area contributed by atoms with E-state index in [0.717, 1.165) is 0 Å². The molecule has 0 saturated heterocycles. The van der Waals surface area contributed by atoms with Gasteiger partial charge in [0.25, 0.3) is 0 Å². The molecule has 0 saturated carbocycles. The molecule has 0 radical (unpaired) electrons. The summed E-state index contributed by atoms with van der Waals surface area (Å²) in [6, 6.07) is 0. The van der Waals surface area contributed by atoms with E-state index in [-0.39, 0.29) is 25.6 Å². The van der Waals surface area contributed by atoms with Crippen LogP contribution in [-0.2, 0) is 19.5 Å². The van der Waals surface area contributed by atoms with Gasteiger partial charge in [0.2, 0.25) is 0 Å². The van der Waals surface area contributed by atoms with Crippen molar-refractivity contribution in [2.24, 2.45) is 0 Å². The van der Waals surface area contributed by atoms with Gasteiger partial charge in [-0.15, -0.1) is 0 Å². The third-order valence-corrected chi connectivity index (χ3v) is 0. The van der Waals surface area contributed by atoms with Gasteiger partial charge in [-0.05, 0) is 13.8 Å². The van der Waals surface area contributed by atoms with Crippen LogP contribution in [0, 0.1) is 0 Å². The minimum absolute atomic E-state index is 0. The van der Waals surface area contributed by atoms with E-state index in [0.29, 0.717) is 0 Å². The smallest absolute Gasteiger partial charge is 0.0483 e. The molecule has 1 nitrogen and oxygen atoms in total. The Morgan fingerprint density at radius 2 is 1.40 bits per heavy atom. The van der Waals surface area contributed by atoms with Gasteiger partial charge in [0.1, 0.15) is 0 Å². The molecule has 0 spiro atoms. The second-order valence-electron chi connectivity index (χ2n) is 1.09. The predicted octanol–water partition coefficient (Wildman–Crippen LogP) is 0.385. The first-order valence-corrected chi connectivity index (χ1v) is 1.41. The Morgan fingerprint density at radius 1 is 1.40 bits per heavy atom. The number of rotatable bonds is 0. The summed E-state index contributed by atoms with van der Waals surface area (Å²) in [6.45, 7) is 3.44. The van der Waals surface area contributed by atoms with Crippen LogP contribution in [0.1, 0.15) is 13.8 Å². The van der Waals surface area contributed by atoms with Crippen LogP contribution in [0.3, 0.4) is 0 Å². The zero-order chi connectivity index (χ0) is 3.58. The summed E-state index contributed by atoms with van der Waals surface area (Å²) < 4.78 is 0. The van der Waals surface area contributed by atoms with Crippen molar-refractivity contribution >= 4 is 0 Å². The number of aliphatic hydroxyl groups excluding tert-OH is 1. The van der Waals surface area contributed by atoms with Gasteiger partial charge in [-0.2, -0.15) is 0 Å². The van der Waals surface area contributed by atoms with Crippen LogP contribution in [0.2, 0.25) is 0 Å². The van der Waals surface area contributed by atoms with Crippen molar-refractivity contribution < 1.29 is 24.6 Å². The standard InChI is InChI=1S/C3H8O.Zn/c1-3(2)4;/h3-4H,1-2H3;. The Morgan fingerprint density at radius 3 is 1.40 bits per heavy atom. The number of aliphatic hydroxyl groups is 1. The summed E-state index contributed by atoms with van der Waals surface area (Å²) >= 11 is 0. The number of hydrogen-bond donors (Lipinski definition) is 1. The average molecular weight is 125 g/mol. The third kappa shape index (κ3) is 89.9. The number of hydrogen-bond acceptors (Lipinski definition) is 1. The van der Waals surface area contributed by atoms with Crippen LogP contribution in [0.5, 0.6) is 0 Å². The van der Waals surface area contributed by atoms with Crippen LogP contribution in [0.4, 0.5) is 0 Å². The Bertz CT molecular complexity index is 11.6. The first-order valence-electron chi connectivity index (χ1n) is 1.41. The summed E-state index contributed by atoms with van der Waals surface area (Å²) in [5, 5.41) is 8.06. The molecular weight excluding hydrogens is 117 g/mol. The van der Waals surface area contributed by atoms with Gasteiger partial charge in [-0.3, -0.25) is 0 Å². The summed E-state index contributed by atoms with van der Waals surface area (Å²) in [7, 11) is 0. The molecule has 0 aromatic carbocycles. The molecule has 1 N–H and O–H groups in total. The molecule has 0 fully saturated rings. The second kappa shape index (κ2) is 4.58. The van der Waals surface area contributed by atoms with Crippen molar-refractivity contribution in [2.45, 2.75) is 20.0 Å². The van der Waals surface area contributed by atoms with Gasteiger partial charge in [0.15, 0.2) is 0 Å². The second-order valence-corrected chi connectivity index (χ2v) is 1.09. The van der Waals surface area contributed by atoms with Crippen LogP contribution >= 0.6 is 0 Å². The van der Waals surface area contributed by atoms with Crippen molar-refractivity contribution in [3.05, 3.63) is 0 Å². The van der Waals surface area contributed by atoms with Crippen LogP contribution < -0.4 is 0 Å². The first kappa shape index (κ1) is 9.13. The Kier molecular flexibility index (Phi) is 8.37. The molecule has 0 aliphatic carbocycles. The van der Waals surface area contributed by atoms with E-state index in [1.54, 1.807) is 13.8 Å². The average Bonchev–Trinajstić information content (AvgIpc) is 0.811. The molecule has 28 valence electrons. The molecule has 0 atom stereocenters. The zero-order valence-corrected chi connectivity index (χ0v) is 6.70. The summed E-state index contributed by atoms with van der Waals surface area (Å²) in [6.07, 6.45) is -0.167. The fourth-order valence-electron chi connectivity index (χ4n) is 0. The topological polar surface area (TPSA) is 20.2 Å². The third-order valence-electron chi connectivity index (χ3n) is 0. The van der Waals surface area contributed by atoms with E-state index in [4.69, 9.17) is 5.11 Å². The maximum absolute atomic E-state index is 8.06. The molecule has 0 aliphatic rings. The van der Waals surface area contributed by atoms with Crippen LogP contribution in [0.15, 0.2) is 0 Å². The summed E-state index contributed by atoms with van der Waals surface area (Å²) in [5.74, 6) is 0. The minimum Gasteiger partial charge on any atom is -0.394 e. The summed E-state index contributed by atoms with van der Waals surface area (Å²) in [5.41, 5.74) is 0. The quantitative estimate of drug-likeness (QED) is 0.464. The molecule has 5 heavy (non-hydrogen) atoms. The molecule has 0 unspecified atom stereocenters. The van der Waals surface area contributed by atoms with Gasteiger partial charge < -0.3 is 5.11 Å². The molecule has 0 bridgehead atoms. The van der Waals surface area contributed by atoms with E-state index in [1.807, 2.05) is 0 Å². The normalized spacial score (nSPS) is 7.20.